The number of amides is 2. The predicted molar refractivity (Wildman–Crippen MR) is 101 cm³/mol. The van der Waals surface area contributed by atoms with Crippen LogP contribution in [0.15, 0.2) is 60.9 Å². The highest BCUT2D eigenvalue weighted by Gasteiger charge is 2.17. The lowest BCUT2D eigenvalue weighted by molar-refractivity contribution is 0.0612. The van der Waals surface area contributed by atoms with Crippen LogP contribution in [0.2, 0.25) is 0 Å². The molecule has 1 aromatic heterocycles. The molecule has 2 N–H and O–H groups in total. The van der Waals surface area contributed by atoms with Crippen molar-refractivity contribution in [2.45, 2.75) is 13.1 Å². The highest BCUT2D eigenvalue weighted by molar-refractivity contribution is 5.94. The van der Waals surface area contributed by atoms with E-state index in [1.54, 1.807) is 48.5 Å². The van der Waals surface area contributed by atoms with Crippen LogP contribution in [0.1, 0.15) is 33.1 Å². The van der Waals surface area contributed by atoms with Gasteiger partial charge in [0.1, 0.15) is 17.3 Å². The maximum atomic E-state index is 12.9. The van der Waals surface area contributed by atoms with Crippen LogP contribution in [0.25, 0.3) is 0 Å². The van der Waals surface area contributed by atoms with E-state index in [9.17, 15) is 18.4 Å². The smallest absolute Gasteiger partial charge is 0.319 e. The number of alkyl halides is 2. The topological polar surface area (TPSA) is 90.4 Å². The molecule has 0 aliphatic carbocycles. The highest BCUT2D eigenvalue weighted by Crippen LogP contribution is 2.23. The fourth-order valence-corrected chi connectivity index (χ4v) is 2.64. The molecule has 0 saturated heterocycles. The molecule has 2 amide bonds. The lowest BCUT2D eigenvalue weighted by Crippen LogP contribution is -2.27. The van der Waals surface area contributed by atoms with Gasteiger partial charge in [-0.05, 0) is 48.5 Å². The fraction of sp³-hybridized carbons (Fsp3) is 0.150. The minimum atomic E-state index is -2.72. The third-order valence-electron chi connectivity index (χ3n) is 4.16. The van der Waals surface area contributed by atoms with Crippen molar-refractivity contribution in [3.05, 3.63) is 77.9 Å². The number of benzene rings is 2. The Morgan fingerprint density at radius 1 is 1.07 bits per heavy atom. The van der Waals surface area contributed by atoms with Crippen molar-refractivity contribution in [3.8, 4) is 11.5 Å². The van der Waals surface area contributed by atoms with Gasteiger partial charge in [0.25, 0.3) is 5.91 Å². The van der Waals surface area contributed by atoms with E-state index in [4.69, 9.17) is 10.5 Å². The molecule has 2 aromatic carbocycles. The van der Waals surface area contributed by atoms with Crippen molar-refractivity contribution < 1.29 is 23.1 Å². The molecule has 0 radical (unpaired) electrons. The second-order valence-electron chi connectivity index (χ2n) is 6.20. The van der Waals surface area contributed by atoms with E-state index in [0.717, 1.165) is 0 Å². The summed E-state index contributed by atoms with van der Waals surface area (Å²) in [6.07, 6.45) is 2.43. The SMILES string of the molecule is CN(Cc1nccn1C(F)F)C(=O)c1ccc(Oc2ccc(C(N)=O)cc2)cc1. The van der Waals surface area contributed by atoms with Gasteiger partial charge >= 0.3 is 6.55 Å². The van der Waals surface area contributed by atoms with E-state index < -0.39 is 12.5 Å². The van der Waals surface area contributed by atoms with E-state index in [0.29, 0.717) is 27.2 Å². The van der Waals surface area contributed by atoms with Gasteiger partial charge in [0.05, 0.1) is 6.54 Å². The van der Waals surface area contributed by atoms with Crippen LogP contribution in [0, 0.1) is 0 Å². The first kappa shape index (κ1) is 20.0. The van der Waals surface area contributed by atoms with Crippen LogP contribution in [0.4, 0.5) is 8.78 Å². The molecule has 0 atom stereocenters. The van der Waals surface area contributed by atoms with Gasteiger partial charge in [0.2, 0.25) is 5.91 Å². The molecule has 0 saturated carbocycles. The Morgan fingerprint density at radius 2 is 1.62 bits per heavy atom. The van der Waals surface area contributed by atoms with E-state index in [1.165, 1.54) is 24.3 Å². The Labute approximate surface area is 165 Å². The molecule has 0 bridgehead atoms. The van der Waals surface area contributed by atoms with E-state index >= 15 is 0 Å². The van der Waals surface area contributed by atoms with Gasteiger partial charge in [-0.1, -0.05) is 0 Å². The number of rotatable bonds is 7. The molecule has 7 nitrogen and oxygen atoms in total. The maximum Gasteiger partial charge on any atom is 0.319 e. The number of ether oxygens (including phenoxy) is 1. The molecule has 0 spiro atoms. The molecule has 3 aromatic rings. The molecule has 0 aliphatic heterocycles. The van der Waals surface area contributed by atoms with Gasteiger partial charge in [-0.3, -0.25) is 14.2 Å². The van der Waals surface area contributed by atoms with E-state index in [-0.39, 0.29) is 18.3 Å². The summed E-state index contributed by atoms with van der Waals surface area (Å²) in [6.45, 7) is -2.77. The standard InChI is InChI=1S/C20H18F2N4O3/c1-25(12-17-24-10-11-26(17)20(21)22)19(28)14-4-8-16(9-5-14)29-15-6-2-13(3-7-15)18(23)27/h2-11,20H,12H2,1H3,(H2,23,27). The average molecular weight is 400 g/mol. The number of hydrogen-bond donors (Lipinski definition) is 1. The number of hydrogen-bond acceptors (Lipinski definition) is 4. The minimum Gasteiger partial charge on any atom is -0.457 e. The van der Waals surface area contributed by atoms with Crippen LogP contribution in [0.5, 0.6) is 11.5 Å². The molecule has 150 valence electrons. The van der Waals surface area contributed by atoms with Crippen molar-refractivity contribution in [2.24, 2.45) is 5.73 Å². The Hall–Kier alpha value is -3.75. The number of nitrogens with two attached hydrogens (primary N) is 1. The monoisotopic (exact) mass is 400 g/mol. The summed E-state index contributed by atoms with van der Waals surface area (Å²) >= 11 is 0. The van der Waals surface area contributed by atoms with Gasteiger partial charge in [0, 0.05) is 30.6 Å². The molecular formula is C20H18F2N4O3. The zero-order valence-corrected chi connectivity index (χ0v) is 15.5. The summed E-state index contributed by atoms with van der Waals surface area (Å²) in [5, 5.41) is 0. The maximum absolute atomic E-state index is 12.9. The second kappa shape index (κ2) is 8.51. The minimum absolute atomic E-state index is 0.0549. The van der Waals surface area contributed by atoms with Crippen molar-refractivity contribution in [1.29, 1.82) is 0 Å². The molecule has 1 heterocycles. The van der Waals surface area contributed by atoms with Crippen LogP contribution < -0.4 is 10.5 Å². The van der Waals surface area contributed by atoms with Crippen molar-refractivity contribution in [3.63, 3.8) is 0 Å². The first-order chi connectivity index (χ1) is 13.8. The van der Waals surface area contributed by atoms with E-state index in [2.05, 4.69) is 4.98 Å². The van der Waals surface area contributed by atoms with Crippen molar-refractivity contribution >= 4 is 11.8 Å². The first-order valence-corrected chi connectivity index (χ1v) is 8.58. The molecule has 3 rings (SSSR count). The van der Waals surface area contributed by atoms with Gasteiger partial charge in [-0.2, -0.15) is 8.78 Å². The summed E-state index contributed by atoms with van der Waals surface area (Å²) < 4.78 is 32.2. The zero-order chi connectivity index (χ0) is 21.0. The van der Waals surface area contributed by atoms with Crippen molar-refractivity contribution in [2.75, 3.05) is 7.05 Å². The lowest BCUT2D eigenvalue weighted by atomic mass is 10.2. The number of carbonyl (C=O) groups excluding carboxylic acids is 2. The number of primary amides is 1. The number of nitrogens with zero attached hydrogens (tertiary/aromatic N) is 3. The molecule has 0 fully saturated rings. The number of imidazole rings is 1. The van der Waals surface area contributed by atoms with Crippen LogP contribution in [-0.2, 0) is 6.54 Å². The summed E-state index contributed by atoms with van der Waals surface area (Å²) in [5.74, 6) is 0.218. The van der Waals surface area contributed by atoms with Gasteiger partial charge in [0.15, 0.2) is 0 Å². The van der Waals surface area contributed by atoms with Gasteiger partial charge < -0.3 is 15.4 Å². The van der Waals surface area contributed by atoms with Gasteiger partial charge in [-0.25, -0.2) is 4.98 Å². The first-order valence-electron chi connectivity index (χ1n) is 8.58. The Balaban J connectivity index is 1.65. The molecule has 0 unspecified atom stereocenters. The second-order valence-corrected chi connectivity index (χ2v) is 6.20. The molecular weight excluding hydrogens is 382 g/mol. The van der Waals surface area contributed by atoms with Crippen LogP contribution in [0.3, 0.4) is 0 Å². The third kappa shape index (κ3) is 4.75. The Morgan fingerprint density at radius 3 is 2.14 bits per heavy atom. The van der Waals surface area contributed by atoms with Crippen LogP contribution in [-0.4, -0.2) is 33.3 Å². The third-order valence-corrected chi connectivity index (χ3v) is 4.16. The summed E-state index contributed by atoms with van der Waals surface area (Å²) in [4.78, 5) is 28.8. The highest BCUT2D eigenvalue weighted by atomic mass is 19.3. The largest absolute Gasteiger partial charge is 0.457 e. The van der Waals surface area contributed by atoms with Gasteiger partial charge in [-0.15, -0.1) is 0 Å². The fourth-order valence-electron chi connectivity index (χ4n) is 2.64. The molecule has 9 heteroatoms. The number of carbonyl (C=O) groups is 2. The molecule has 0 aliphatic rings. The normalized spacial score (nSPS) is 10.8. The quantitative estimate of drug-likeness (QED) is 0.658. The summed E-state index contributed by atoms with van der Waals surface area (Å²) in [6, 6.07) is 12.7. The Bertz CT molecular complexity index is 1000. The Kier molecular flexibility index (Phi) is 5.87. The molecule has 29 heavy (non-hydrogen) atoms. The summed E-state index contributed by atoms with van der Waals surface area (Å²) in [7, 11) is 1.51. The summed E-state index contributed by atoms with van der Waals surface area (Å²) in [5.41, 5.74) is 5.94. The van der Waals surface area contributed by atoms with Crippen molar-refractivity contribution in [1.82, 2.24) is 14.5 Å². The average Bonchev–Trinajstić information content (AvgIpc) is 3.17. The van der Waals surface area contributed by atoms with Crippen LogP contribution >= 0.6 is 0 Å². The lowest BCUT2D eigenvalue weighted by Gasteiger charge is -2.18. The van der Waals surface area contributed by atoms with E-state index in [1.807, 2.05) is 0 Å². The number of halogens is 2. The zero-order valence-electron chi connectivity index (χ0n) is 15.5. The predicted octanol–water partition coefficient (Wildman–Crippen LogP) is 3.44. The number of aromatic nitrogens is 2.